The third-order valence-corrected chi connectivity index (χ3v) is 2.38. The number of halogens is 1. The zero-order chi connectivity index (χ0) is 9.59. The lowest BCUT2D eigenvalue weighted by Crippen LogP contribution is -2.29. The van der Waals surface area contributed by atoms with Crippen molar-refractivity contribution in [3.63, 3.8) is 0 Å². The number of rotatable bonds is 0. The molecule has 0 atom stereocenters. The lowest BCUT2D eigenvalue weighted by Gasteiger charge is -1.87. The van der Waals surface area contributed by atoms with Gasteiger partial charge in [0.25, 0.3) is 5.43 Å². The van der Waals surface area contributed by atoms with E-state index in [0.29, 0.717) is 4.47 Å². The third kappa shape index (κ3) is 1.06. The highest BCUT2D eigenvalue weighted by Gasteiger charge is 2.11. The predicted molar refractivity (Wildman–Crippen MR) is 52.8 cm³/mol. The second-order valence-electron chi connectivity index (χ2n) is 2.68. The van der Waals surface area contributed by atoms with Crippen molar-refractivity contribution in [2.24, 2.45) is 0 Å². The van der Waals surface area contributed by atoms with E-state index in [4.69, 9.17) is 0 Å². The first-order valence-corrected chi connectivity index (χ1v) is 4.33. The van der Waals surface area contributed by atoms with Crippen LogP contribution in [0.4, 0.5) is 0 Å². The molecule has 2 rings (SSSR count). The normalized spacial score (nSPS) is 10.8. The van der Waals surface area contributed by atoms with Gasteiger partial charge in [-0.3, -0.25) is 14.4 Å². The predicted octanol–water partition coefficient (Wildman–Crippen LogP) is 0.558. The Morgan fingerprint density at radius 3 is 2.15 bits per heavy atom. The third-order valence-electron chi connectivity index (χ3n) is 1.88. The van der Waals surface area contributed by atoms with Crippen molar-refractivity contribution in [2.75, 3.05) is 0 Å². The van der Waals surface area contributed by atoms with Crippen molar-refractivity contribution < 1.29 is 0 Å². The summed E-state index contributed by atoms with van der Waals surface area (Å²) in [6.07, 6.45) is 0. The van der Waals surface area contributed by atoms with Gasteiger partial charge in [0.2, 0.25) is 10.9 Å². The Labute approximate surface area is 80.5 Å². The van der Waals surface area contributed by atoms with Gasteiger partial charge in [0.1, 0.15) is 0 Å². The molecular weight excluding hydrogens is 236 g/mol. The molecule has 3 nitrogen and oxygen atoms in total. The minimum Gasteiger partial charge on any atom is -0.285 e. The summed E-state index contributed by atoms with van der Waals surface area (Å²) in [5.74, 6) is 0. The van der Waals surface area contributed by atoms with Crippen molar-refractivity contribution in [1.82, 2.24) is 0 Å². The summed E-state index contributed by atoms with van der Waals surface area (Å²) in [6, 6.07) is 4.59. The Bertz CT molecular complexity index is 621. The van der Waals surface area contributed by atoms with Gasteiger partial charge in [0, 0.05) is 15.2 Å². The molecule has 2 aromatic rings. The van der Waals surface area contributed by atoms with E-state index >= 15 is 0 Å². The van der Waals surface area contributed by atoms with Gasteiger partial charge in [-0.1, -0.05) is 15.9 Å². The number of benzene rings is 1. The maximum atomic E-state index is 11.2. The van der Waals surface area contributed by atoms with Crippen molar-refractivity contribution >= 4 is 26.7 Å². The molecular formula is C9H3BrO3. The molecule has 0 bridgehead atoms. The fourth-order valence-corrected chi connectivity index (χ4v) is 1.61. The molecule has 0 aliphatic heterocycles. The Kier molecular flexibility index (Phi) is 1.66. The van der Waals surface area contributed by atoms with E-state index in [1.165, 1.54) is 12.1 Å². The molecule has 13 heavy (non-hydrogen) atoms. The molecule has 0 saturated carbocycles. The van der Waals surface area contributed by atoms with Crippen LogP contribution in [0.3, 0.4) is 0 Å². The molecule has 0 amide bonds. The average molecular weight is 239 g/mol. The molecule has 0 spiro atoms. The van der Waals surface area contributed by atoms with Gasteiger partial charge in [-0.25, -0.2) is 0 Å². The molecule has 2 aromatic carbocycles. The highest BCUT2D eigenvalue weighted by atomic mass is 79.9. The van der Waals surface area contributed by atoms with E-state index in [-0.39, 0.29) is 10.8 Å². The maximum Gasteiger partial charge on any atom is 0.273 e. The molecule has 0 fully saturated rings. The van der Waals surface area contributed by atoms with Crippen molar-refractivity contribution in [2.45, 2.75) is 0 Å². The van der Waals surface area contributed by atoms with Crippen LogP contribution in [0.5, 0.6) is 0 Å². The maximum absolute atomic E-state index is 11.2. The zero-order valence-corrected chi connectivity index (χ0v) is 7.92. The van der Waals surface area contributed by atoms with Gasteiger partial charge in [0.15, 0.2) is 0 Å². The van der Waals surface area contributed by atoms with Gasteiger partial charge in [-0.05, 0) is 18.2 Å². The van der Waals surface area contributed by atoms with E-state index in [2.05, 4.69) is 15.9 Å². The summed E-state index contributed by atoms with van der Waals surface area (Å²) < 4.78 is 0.683. The highest BCUT2D eigenvalue weighted by Crippen LogP contribution is 2.13. The summed E-state index contributed by atoms with van der Waals surface area (Å²) in [4.78, 5) is 33.3. The van der Waals surface area contributed by atoms with Crippen LogP contribution >= 0.6 is 15.9 Å². The summed E-state index contributed by atoms with van der Waals surface area (Å²) in [5, 5.41) is 0.405. The van der Waals surface area contributed by atoms with Crippen molar-refractivity contribution in [3.05, 3.63) is 53.3 Å². The Balaban J connectivity index is 3.23. The van der Waals surface area contributed by atoms with E-state index < -0.39 is 16.3 Å². The summed E-state index contributed by atoms with van der Waals surface area (Å²) >= 11 is 3.16. The average Bonchev–Trinajstić information content (AvgIpc) is 2.32. The Morgan fingerprint density at radius 2 is 1.46 bits per heavy atom. The van der Waals surface area contributed by atoms with Gasteiger partial charge in [-0.15, -0.1) is 0 Å². The fourth-order valence-electron chi connectivity index (χ4n) is 1.25. The standard InChI is InChI=1S/C9H3BrO3/c10-4-1-2-5-6(3-4)8(12)9(13)7(5)11/h1-3H. The van der Waals surface area contributed by atoms with Gasteiger partial charge >= 0.3 is 0 Å². The van der Waals surface area contributed by atoms with E-state index in [0.717, 1.165) is 0 Å². The first-order valence-electron chi connectivity index (χ1n) is 3.54. The quantitative estimate of drug-likeness (QED) is 0.631. The van der Waals surface area contributed by atoms with Crippen LogP contribution in [0.15, 0.2) is 37.1 Å². The number of hydrogen-bond acceptors (Lipinski definition) is 3. The summed E-state index contributed by atoms with van der Waals surface area (Å²) in [7, 11) is 0. The van der Waals surface area contributed by atoms with E-state index in [1.807, 2.05) is 0 Å². The lowest BCUT2D eigenvalue weighted by atomic mass is 10.2. The molecule has 0 aromatic heterocycles. The monoisotopic (exact) mass is 238 g/mol. The van der Waals surface area contributed by atoms with Crippen LogP contribution in [0.1, 0.15) is 0 Å². The van der Waals surface area contributed by atoms with E-state index in [9.17, 15) is 14.4 Å². The smallest absolute Gasteiger partial charge is 0.273 e. The van der Waals surface area contributed by atoms with Crippen molar-refractivity contribution in [1.29, 1.82) is 0 Å². The molecule has 0 radical (unpaired) electrons. The first kappa shape index (κ1) is 8.31. The van der Waals surface area contributed by atoms with E-state index in [1.54, 1.807) is 6.07 Å². The van der Waals surface area contributed by atoms with Crippen LogP contribution in [-0.4, -0.2) is 0 Å². The molecule has 64 valence electrons. The largest absolute Gasteiger partial charge is 0.285 e. The molecule has 0 heterocycles. The zero-order valence-electron chi connectivity index (χ0n) is 6.33. The number of hydrogen-bond donors (Lipinski definition) is 0. The molecule has 0 unspecified atom stereocenters. The summed E-state index contributed by atoms with van der Waals surface area (Å²) in [6.45, 7) is 0. The topological polar surface area (TPSA) is 51.2 Å². The second-order valence-corrected chi connectivity index (χ2v) is 3.59. The van der Waals surface area contributed by atoms with Crippen LogP contribution in [0, 0.1) is 0 Å². The van der Waals surface area contributed by atoms with Gasteiger partial charge < -0.3 is 0 Å². The highest BCUT2D eigenvalue weighted by molar-refractivity contribution is 9.10. The van der Waals surface area contributed by atoms with Crippen LogP contribution in [-0.2, 0) is 0 Å². The van der Waals surface area contributed by atoms with Crippen LogP contribution in [0.25, 0.3) is 10.8 Å². The second kappa shape index (κ2) is 2.60. The Hall–Kier alpha value is -1.29. The molecule has 0 saturated heterocycles. The molecule has 0 N–H and O–H groups in total. The minimum atomic E-state index is -0.937. The van der Waals surface area contributed by atoms with Crippen molar-refractivity contribution in [3.8, 4) is 0 Å². The molecule has 0 aliphatic rings. The van der Waals surface area contributed by atoms with Gasteiger partial charge in [-0.2, -0.15) is 0 Å². The number of fused-ring (bicyclic) bond motifs is 1. The Morgan fingerprint density at radius 1 is 0.846 bits per heavy atom. The SMILES string of the molecule is O=c1c(=O)c2ccc(Br)cc2c1=O. The minimum absolute atomic E-state index is 0.198. The van der Waals surface area contributed by atoms with Crippen LogP contribution < -0.4 is 16.3 Å². The van der Waals surface area contributed by atoms with Gasteiger partial charge in [0.05, 0.1) is 0 Å². The summed E-state index contributed by atoms with van der Waals surface area (Å²) in [5.41, 5.74) is -2.35. The first-order chi connectivity index (χ1) is 6.11. The molecule has 0 aliphatic carbocycles. The molecule has 4 heteroatoms. The lowest BCUT2D eigenvalue weighted by molar-refractivity contribution is 1.56. The fraction of sp³-hybridized carbons (Fsp3) is 0. The van der Waals surface area contributed by atoms with Crippen LogP contribution in [0.2, 0.25) is 0 Å².